The minimum absolute atomic E-state index is 0.109. The van der Waals surface area contributed by atoms with Crippen molar-refractivity contribution in [2.24, 2.45) is 5.92 Å². The van der Waals surface area contributed by atoms with E-state index >= 15 is 0 Å². The lowest BCUT2D eigenvalue weighted by molar-refractivity contribution is -0.169. The Labute approximate surface area is 361 Å². The molecule has 1 rings (SSSR count). The average molecular weight is 894 g/mol. The van der Waals surface area contributed by atoms with Crippen molar-refractivity contribution in [1.82, 2.24) is 5.32 Å². The average Bonchev–Trinajstić information content (AvgIpc) is 3.08. The zero-order valence-corrected chi connectivity index (χ0v) is 43.1. The van der Waals surface area contributed by atoms with E-state index in [1.807, 2.05) is 89.3 Å². The molecule has 1 N–H and O–H groups in total. The Bertz CT molecular complexity index is 1510. The van der Waals surface area contributed by atoms with Gasteiger partial charge in [0.2, 0.25) is 30.9 Å². The summed E-state index contributed by atoms with van der Waals surface area (Å²) in [6.45, 7) is 25.3. The molecule has 15 heteroatoms. The fourth-order valence-electron chi connectivity index (χ4n) is 6.43. The molecule has 59 heavy (non-hydrogen) atoms. The van der Waals surface area contributed by atoms with Crippen molar-refractivity contribution in [1.29, 1.82) is 0 Å². The van der Waals surface area contributed by atoms with E-state index in [4.69, 9.17) is 22.4 Å². The molecule has 0 heterocycles. The van der Waals surface area contributed by atoms with E-state index in [0.717, 1.165) is 49.8 Å². The lowest BCUT2D eigenvalue weighted by Crippen LogP contribution is -2.61. The SMILES string of the molecule is CCCCCCCC(=O)CCCCCC/C=C/C(C(=O)NC(Cc1ccc(O[Si](C)(C)C)cc1)C(=O)O[Si](C)(C)C)C(CC(=O)OC)(O[Si](C)(C)C)C(=O)O[Si](C)(C)C. The van der Waals surface area contributed by atoms with Gasteiger partial charge in [0.1, 0.15) is 17.6 Å². The molecule has 0 saturated carbocycles. The number of hydrogen-bond acceptors (Lipinski definition) is 10. The zero-order valence-electron chi connectivity index (χ0n) is 39.1. The van der Waals surface area contributed by atoms with Gasteiger partial charge >= 0.3 is 17.9 Å². The summed E-state index contributed by atoms with van der Waals surface area (Å²) in [5, 5.41) is 2.93. The first-order valence-corrected chi connectivity index (χ1v) is 35.3. The third-order valence-electron chi connectivity index (χ3n) is 8.91. The van der Waals surface area contributed by atoms with Crippen LogP contribution in [0.3, 0.4) is 0 Å². The topological polar surface area (TPSA) is 144 Å². The zero-order chi connectivity index (χ0) is 45.1. The van der Waals surface area contributed by atoms with E-state index in [2.05, 4.69) is 31.9 Å². The first kappa shape index (κ1) is 54.2. The smallest absolute Gasteiger partial charge is 0.325 e. The molecule has 0 radical (unpaired) electrons. The molecular weight excluding hydrogens is 815 g/mol. The summed E-state index contributed by atoms with van der Waals surface area (Å²) in [4.78, 5) is 68.9. The fraction of sp³-hybridized carbons (Fsp3) is 0.705. The van der Waals surface area contributed by atoms with Crippen LogP contribution in [0.15, 0.2) is 36.4 Å². The van der Waals surface area contributed by atoms with Crippen molar-refractivity contribution in [3.63, 3.8) is 0 Å². The number of Topliss-reactive ketones (excluding diaryl/α,β-unsaturated/α-hetero) is 1. The third kappa shape index (κ3) is 23.6. The lowest BCUT2D eigenvalue weighted by Gasteiger charge is -2.42. The van der Waals surface area contributed by atoms with Gasteiger partial charge in [-0.3, -0.25) is 24.0 Å². The Hall–Kier alpha value is -2.86. The van der Waals surface area contributed by atoms with Crippen LogP contribution in [0.5, 0.6) is 5.75 Å². The van der Waals surface area contributed by atoms with Crippen LogP contribution < -0.4 is 9.74 Å². The minimum atomic E-state index is -2.72. The third-order valence-corrected chi connectivity index (χ3v) is 12.3. The van der Waals surface area contributed by atoms with Crippen LogP contribution in [0, 0.1) is 5.92 Å². The van der Waals surface area contributed by atoms with Gasteiger partial charge < -0.3 is 27.8 Å². The Morgan fingerprint density at radius 2 is 1.24 bits per heavy atom. The van der Waals surface area contributed by atoms with Crippen LogP contribution in [-0.2, 0) is 48.4 Å². The molecule has 0 aliphatic carbocycles. The predicted molar refractivity (Wildman–Crippen MR) is 247 cm³/mol. The number of rotatable bonds is 29. The van der Waals surface area contributed by atoms with Gasteiger partial charge in [0, 0.05) is 19.3 Å². The molecule has 1 aromatic carbocycles. The van der Waals surface area contributed by atoms with Crippen molar-refractivity contribution < 1.29 is 46.4 Å². The van der Waals surface area contributed by atoms with E-state index in [9.17, 15) is 24.0 Å². The first-order chi connectivity index (χ1) is 27.2. The number of ether oxygens (including phenoxy) is 1. The number of nitrogens with one attached hydrogen (secondary N) is 1. The standard InChI is InChI=1S/C44H79NO10Si4/c1-15-16-17-20-23-26-36(46)27-24-21-18-19-22-25-28-38(44(34-40(47)51-2,55-59(12,13)14)43(50)54-58(9,10)11)41(48)45-39(42(49)53-57(6,7)8)33-35-29-31-37(32-30-35)52-56(3,4)5/h25,28-32,38-39H,15-24,26-27,33-34H2,1-14H3,(H,45,48)/b28-25+. The van der Waals surface area contributed by atoms with Crippen LogP contribution in [0.4, 0.5) is 0 Å². The molecule has 1 amide bonds. The van der Waals surface area contributed by atoms with Gasteiger partial charge in [0.15, 0.2) is 13.9 Å². The molecule has 3 atom stereocenters. The molecule has 0 aliphatic rings. The summed E-state index contributed by atoms with van der Waals surface area (Å²) in [5.74, 6) is -3.16. The van der Waals surface area contributed by atoms with E-state index in [-0.39, 0.29) is 6.42 Å². The van der Waals surface area contributed by atoms with E-state index in [1.54, 1.807) is 6.08 Å². The number of esters is 1. The summed E-state index contributed by atoms with van der Waals surface area (Å²) in [6.07, 6.45) is 13.9. The normalized spacial score (nSPS) is 14.5. The second-order valence-corrected chi connectivity index (χ2v) is 37.3. The number of ketones is 1. The Morgan fingerprint density at radius 1 is 0.695 bits per heavy atom. The maximum atomic E-state index is 14.9. The molecular formula is C44H79NO10Si4. The number of allylic oxidation sites excluding steroid dienone is 1. The molecule has 0 spiro atoms. The van der Waals surface area contributed by atoms with Crippen LogP contribution in [0.1, 0.15) is 96.0 Å². The number of amides is 1. The van der Waals surface area contributed by atoms with Crippen molar-refractivity contribution in [3.8, 4) is 5.75 Å². The van der Waals surface area contributed by atoms with Crippen LogP contribution >= 0.6 is 0 Å². The second-order valence-electron chi connectivity index (χ2n) is 19.6. The number of carbonyl (C=O) groups excluding carboxylic acids is 5. The second kappa shape index (κ2) is 25.2. The van der Waals surface area contributed by atoms with Crippen molar-refractivity contribution in [3.05, 3.63) is 42.0 Å². The molecule has 11 nitrogen and oxygen atoms in total. The van der Waals surface area contributed by atoms with E-state index in [0.29, 0.717) is 25.0 Å². The Morgan fingerprint density at radius 3 is 1.73 bits per heavy atom. The van der Waals surface area contributed by atoms with Gasteiger partial charge in [0.25, 0.3) is 0 Å². The number of carbonyl (C=O) groups is 5. The Kier molecular flexibility index (Phi) is 23.1. The number of methoxy groups -OCH3 is 1. The molecule has 1 aromatic rings. The molecule has 0 fully saturated rings. The minimum Gasteiger partial charge on any atom is -0.544 e. The Balaban J connectivity index is 3.58. The largest absolute Gasteiger partial charge is 0.544 e. The van der Waals surface area contributed by atoms with Gasteiger partial charge in [-0.15, -0.1) is 0 Å². The van der Waals surface area contributed by atoms with E-state index < -0.39 is 81.1 Å². The maximum absolute atomic E-state index is 14.9. The number of unbranched alkanes of at least 4 members (excludes halogenated alkanes) is 8. The molecule has 0 saturated heterocycles. The highest BCUT2D eigenvalue weighted by molar-refractivity contribution is 6.72. The van der Waals surface area contributed by atoms with Gasteiger partial charge in [-0.1, -0.05) is 69.7 Å². The molecule has 336 valence electrons. The van der Waals surface area contributed by atoms with Crippen molar-refractivity contribution in [2.45, 2.75) is 187 Å². The summed E-state index contributed by atoms with van der Waals surface area (Å²) < 4.78 is 29.9. The highest BCUT2D eigenvalue weighted by Gasteiger charge is 2.55. The van der Waals surface area contributed by atoms with Crippen LogP contribution in [-0.4, -0.2) is 81.6 Å². The number of benzene rings is 1. The molecule has 3 unspecified atom stereocenters. The quantitative estimate of drug-likeness (QED) is 0.0357. The van der Waals surface area contributed by atoms with E-state index in [1.165, 1.54) is 26.4 Å². The maximum Gasteiger partial charge on any atom is 0.325 e. The molecule has 0 bridgehead atoms. The predicted octanol–water partition coefficient (Wildman–Crippen LogP) is 10.3. The first-order valence-electron chi connectivity index (χ1n) is 21.7. The van der Waals surface area contributed by atoms with Crippen molar-refractivity contribution in [2.75, 3.05) is 7.11 Å². The van der Waals surface area contributed by atoms with Crippen LogP contribution in [0.25, 0.3) is 0 Å². The number of hydrogen-bond donors (Lipinski definition) is 1. The van der Waals surface area contributed by atoms with Gasteiger partial charge in [-0.05, 0) is 122 Å². The molecule has 0 aromatic heterocycles. The van der Waals surface area contributed by atoms with Crippen LogP contribution in [0.2, 0.25) is 78.6 Å². The monoisotopic (exact) mass is 893 g/mol. The van der Waals surface area contributed by atoms with Gasteiger partial charge in [-0.25, -0.2) is 0 Å². The van der Waals surface area contributed by atoms with Gasteiger partial charge in [0.05, 0.1) is 19.4 Å². The summed E-state index contributed by atoms with van der Waals surface area (Å²) in [5.41, 5.74) is -1.32. The summed E-state index contributed by atoms with van der Waals surface area (Å²) >= 11 is 0. The highest BCUT2D eigenvalue weighted by Crippen LogP contribution is 2.35. The van der Waals surface area contributed by atoms with Crippen molar-refractivity contribution >= 4 is 62.9 Å². The summed E-state index contributed by atoms with van der Waals surface area (Å²) in [7, 11) is -8.36. The molecule has 0 aliphatic heterocycles. The highest BCUT2D eigenvalue weighted by atomic mass is 28.4. The van der Waals surface area contributed by atoms with Gasteiger partial charge in [-0.2, -0.15) is 0 Å². The summed E-state index contributed by atoms with van der Waals surface area (Å²) in [6, 6.07) is 6.30. The lowest BCUT2D eigenvalue weighted by atomic mass is 9.82. The fourth-order valence-corrected chi connectivity index (χ4v) is 10.1.